The molecular weight excluding hydrogens is 381 g/mol. The topological polar surface area (TPSA) is 55.0 Å². The number of ether oxygens (including phenoxy) is 1. The average molecular weight is 395 g/mol. The van der Waals surface area contributed by atoms with Crippen molar-refractivity contribution in [1.29, 1.82) is 0 Å². The van der Waals surface area contributed by atoms with Gasteiger partial charge in [-0.15, -0.1) is 0 Å². The summed E-state index contributed by atoms with van der Waals surface area (Å²) >= 11 is 5.86. The molecule has 1 atom stereocenters. The fraction of sp³-hybridized carbons (Fsp3) is 0.158. The molecule has 27 heavy (non-hydrogen) atoms. The predicted molar refractivity (Wildman–Crippen MR) is 94.1 cm³/mol. The molecule has 0 radical (unpaired) electrons. The number of aromatic amines is 1. The summed E-state index contributed by atoms with van der Waals surface area (Å²) < 4.78 is 43.8. The van der Waals surface area contributed by atoms with Crippen molar-refractivity contribution in [1.82, 2.24) is 10.2 Å². The van der Waals surface area contributed by atoms with E-state index in [4.69, 9.17) is 16.3 Å². The van der Waals surface area contributed by atoms with Crippen molar-refractivity contribution in [3.05, 3.63) is 76.4 Å². The molecule has 2 aromatic carbocycles. The first kappa shape index (κ1) is 19.0. The van der Waals surface area contributed by atoms with Crippen LogP contribution in [-0.2, 0) is 22.1 Å². The van der Waals surface area contributed by atoms with Crippen LogP contribution in [0.1, 0.15) is 22.9 Å². The SMILES string of the molecule is O=COC(Cc1cc(-c2cccc(C(F)(F)F)c2)n[nH]1)c1ccc(Cl)cc1. The molecular formula is C19H14ClF3N2O2. The van der Waals surface area contributed by atoms with Crippen LogP contribution in [0.4, 0.5) is 13.2 Å². The highest BCUT2D eigenvalue weighted by Gasteiger charge is 2.30. The average Bonchev–Trinajstić information content (AvgIpc) is 3.10. The predicted octanol–water partition coefficient (Wildman–Crippen LogP) is 5.21. The van der Waals surface area contributed by atoms with Gasteiger partial charge in [0.25, 0.3) is 6.47 Å². The van der Waals surface area contributed by atoms with E-state index in [-0.39, 0.29) is 6.42 Å². The largest absolute Gasteiger partial charge is 0.459 e. The lowest BCUT2D eigenvalue weighted by atomic mass is 10.0. The minimum Gasteiger partial charge on any atom is -0.459 e. The van der Waals surface area contributed by atoms with Crippen molar-refractivity contribution in [2.24, 2.45) is 0 Å². The molecule has 0 saturated carbocycles. The van der Waals surface area contributed by atoms with Crippen LogP contribution in [0.5, 0.6) is 0 Å². The highest BCUT2D eigenvalue weighted by atomic mass is 35.5. The minimum absolute atomic E-state index is 0.284. The highest BCUT2D eigenvalue weighted by molar-refractivity contribution is 6.30. The number of nitrogens with one attached hydrogen (secondary N) is 1. The van der Waals surface area contributed by atoms with E-state index in [1.807, 2.05) is 0 Å². The van der Waals surface area contributed by atoms with E-state index in [2.05, 4.69) is 10.2 Å². The third kappa shape index (κ3) is 4.68. The molecule has 4 nitrogen and oxygen atoms in total. The summed E-state index contributed by atoms with van der Waals surface area (Å²) in [5.74, 6) is 0. The maximum Gasteiger partial charge on any atom is 0.416 e. The number of rotatable bonds is 6. The van der Waals surface area contributed by atoms with E-state index in [9.17, 15) is 18.0 Å². The van der Waals surface area contributed by atoms with Gasteiger partial charge in [-0.05, 0) is 35.9 Å². The number of halogens is 4. The van der Waals surface area contributed by atoms with Crippen LogP contribution >= 0.6 is 11.6 Å². The monoisotopic (exact) mass is 394 g/mol. The first-order valence-corrected chi connectivity index (χ1v) is 8.31. The van der Waals surface area contributed by atoms with Gasteiger partial charge in [-0.1, -0.05) is 35.9 Å². The Morgan fingerprint density at radius 1 is 1.15 bits per heavy atom. The zero-order valence-electron chi connectivity index (χ0n) is 13.8. The fourth-order valence-corrected chi connectivity index (χ4v) is 2.78. The molecule has 8 heteroatoms. The third-order valence-corrected chi connectivity index (χ3v) is 4.24. The summed E-state index contributed by atoms with van der Waals surface area (Å²) in [7, 11) is 0. The van der Waals surface area contributed by atoms with Crippen LogP contribution in [0.25, 0.3) is 11.3 Å². The summed E-state index contributed by atoms with van der Waals surface area (Å²) in [4.78, 5) is 10.8. The summed E-state index contributed by atoms with van der Waals surface area (Å²) in [6.07, 6.45) is -4.71. The van der Waals surface area contributed by atoms with Gasteiger partial charge in [0.2, 0.25) is 0 Å². The van der Waals surface area contributed by atoms with Crippen molar-refractivity contribution >= 4 is 18.1 Å². The smallest absolute Gasteiger partial charge is 0.416 e. The van der Waals surface area contributed by atoms with Crippen LogP contribution in [-0.4, -0.2) is 16.7 Å². The first-order chi connectivity index (χ1) is 12.9. The molecule has 3 aromatic rings. The summed E-state index contributed by atoms with van der Waals surface area (Å²) in [5.41, 5.74) is 1.32. The number of alkyl halides is 3. The maximum atomic E-state index is 12.9. The lowest BCUT2D eigenvalue weighted by molar-refractivity contribution is -0.137. The number of carbonyl (C=O) groups excluding carboxylic acids is 1. The van der Waals surface area contributed by atoms with Crippen LogP contribution < -0.4 is 0 Å². The maximum absolute atomic E-state index is 12.9. The van der Waals surface area contributed by atoms with E-state index >= 15 is 0 Å². The minimum atomic E-state index is -4.42. The molecule has 0 bridgehead atoms. The number of aromatic nitrogens is 2. The van der Waals surface area contributed by atoms with Gasteiger partial charge in [0.15, 0.2) is 0 Å². The van der Waals surface area contributed by atoms with Gasteiger partial charge in [-0.25, -0.2) is 0 Å². The second-order valence-electron chi connectivity index (χ2n) is 5.83. The molecule has 1 heterocycles. The quantitative estimate of drug-likeness (QED) is 0.584. The Balaban J connectivity index is 1.82. The standard InChI is InChI=1S/C19H14ClF3N2O2/c20-15-6-4-12(5-7-15)18(27-11-26)10-16-9-17(25-24-16)13-2-1-3-14(8-13)19(21,22)23/h1-9,11,18H,10H2,(H,24,25). The third-order valence-electron chi connectivity index (χ3n) is 3.98. The van der Waals surface area contributed by atoms with Crippen LogP contribution in [0, 0.1) is 0 Å². The Kier molecular flexibility index (Phi) is 5.51. The second kappa shape index (κ2) is 7.84. The van der Waals surface area contributed by atoms with Gasteiger partial charge in [0.1, 0.15) is 6.10 Å². The molecule has 140 valence electrons. The molecule has 0 spiro atoms. The van der Waals surface area contributed by atoms with Crippen LogP contribution in [0.2, 0.25) is 5.02 Å². The molecule has 0 aliphatic rings. The molecule has 0 saturated heterocycles. The number of carbonyl (C=O) groups is 1. The van der Waals surface area contributed by atoms with Crippen molar-refractivity contribution in [3.63, 3.8) is 0 Å². The lowest BCUT2D eigenvalue weighted by Crippen LogP contribution is -2.07. The Morgan fingerprint density at radius 3 is 2.56 bits per heavy atom. The molecule has 0 amide bonds. The second-order valence-corrected chi connectivity index (χ2v) is 6.27. The number of nitrogens with zero attached hydrogens (tertiary/aromatic N) is 1. The summed E-state index contributed by atoms with van der Waals surface area (Å²) in [5, 5.41) is 7.41. The summed E-state index contributed by atoms with van der Waals surface area (Å²) in [6.45, 7) is 0.351. The molecule has 1 unspecified atom stereocenters. The highest BCUT2D eigenvalue weighted by Crippen LogP contribution is 2.32. The lowest BCUT2D eigenvalue weighted by Gasteiger charge is -2.14. The van der Waals surface area contributed by atoms with E-state index in [1.165, 1.54) is 6.07 Å². The van der Waals surface area contributed by atoms with Crippen molar-refractivity contribution < 1.29 is 22.7 Å². The normalized spacial score (nSPS) is 12.6. The van der Waals surface area contributed by atoms with Crippen LogP contribution in [0.15, 0.2) is 54.6 Å². The molecule has 0 fully saturated rings. The zero-order chi connectivity index (χ0) is 19.4. The fourth-order valence-electron chi connectivity index (χ4n) is 2.66. The molecule has 3 rings (SSSR count). The first-order valence-electron chi connectivity index (χ1n) is 7.93. The van der Waals surface area contributed by atoms with Crippen molar-refractivity contribution in [3.8, 4) is 11.3 Å². The molecule has 0 aliphatic heterocycles. The van der Waals surface area contributed by atoms with Gasteiger partial charge >= 0.3 is 6.18 Å². The van der Waals surface area contributed by atoms with Gasteiger partial charge in [-0.3, -0.25) is 9.89 Å². The van der Waals surface area contributed by atoms with E-state index in [0.717, 1.165) is 17.7 Å². The van der Waals surface area contributed by atoms with Gasteiger partial charge < -0.3 is 4.74 Å². The molecule has 1 aromatic heterocycles. The number of benzene rings is 2. The number of hydrogen-bond acceptors (Lipinski definition) is 3. The summed E-state index contributed by atoms with van der Waals surface area (Å²) in [6, 6.07) is 13.4. The van der Waals surface area contributed by atoms with E-state index < -0.39 is 17.8 Å². The number of hydrogen-bond donors (Lipinski definition) is 1. The Morgan fingerprint density at radius 2 is 1.89 bits per heavy atom. The van der Waals surface area contributed by atoms with Crippen molar-refractivity contribution in [2.75, 3.05) is 0 Å². The Bertz CT molecular complexity index is 923. The van der Waals surface area contributed by atoms with Gasteiger partial charge in [0, 0.05) is 22.7 Å². The Hall–Kier alpha value is -2.80. The van der Waals surface area contributed by atoms with Crippen LogP contribution in [0.3, 0.4) is 0 Å². The Labute approximate surface area is 157 Å². The molecule has 0 aliphatic carbocycles. The van der Waals surface area contributed by atoms with Gasteiger partial charge in [0.05, 0.1) is 11.3 Å². The number of H-pyrrole nitrogens is 1. The zero-order valence-corrected chi connectivity index (χ0v) is 14.6. The van der Waals surface area contributed by atoms with Gasteiger partial charge in [-0.2, -0.15) is 18.3 Å². The van der Waals surface area contributed by atoms with E-state index in [1.54, 1.807) is 36.4 Å². The van der Waals surface area contributed by atoms with Crippen molar-refractivity contribution in [2.45, 2.75) is 18.7 Å². The molecule has 1 N–H and O–H groups in total. The van der Waals surface area contributed by atoms with E-state index in [0.29, 0.717) is 28.4 Å².